The van der Waals surface area contributed by atoms with Gasteiger partial charge in [-0.05, 0) is 31.5 Å². The van der Waals surface area contributed by atoms with Crippen LogP contribution >= 0.6 is 0 Å². The van der Waals surface area contributed by atoms with Crippen molar-refractivity contribution in [1.29, 1.82) is 0 Å². The van der Waals surface area contributed by atoms with E-state index in [1.165, 1.54) is 25.1 Å². The summed E-state index contributed by atoms with van der Waals surface area (Å²) in [4.78, 5) is 0. The van der Waals surface area contributed by atoms with E-state index in [1.807, 2.05) is 0 Å². The predicted octanol–water partition coefficient (Wildman–Crippen LogP) is 1.45. The number of hydrogen-bond acceptors (Lipinski definition) is 1. The van der Waals surface area contributed by atoms with Gasteiger partial charge in [-0.3, -0.25) is 0 Å². The molecule has 2 rings (SSSR count). The SMILES string of the molecule is Cn1cccc1[C@@H]1CCCN1. The number of hydrogen-bond donors (Lipinski definition) is 1. The second kappa shape index (κ2) is 2.70. The fourth-order valence-electron chi connectivity index (χ4n) is 1.77. The molecule has 1 saturated heterocycles. The van der Waals surface area contributed by atoms with Crippen LogP contribution in [0.3, 0.4) is 0 Å². The Morgan fingerprint density at radius 1 is 1.64 bits per heavy atom. The fraction of sp³-hybridized carbons (Fsp3) is 0.556. The average molecular weight is 150 g/mol. The zero-order valence-electron chi connectivity index (χ0n) is 6.88. The summed E-state index contributed by atoms with van der Waals surface area (Å²) in [6.45, 7) is 1.18. The van der Waals surface area contributed by atoms with Crippen molar-refractivity contribution >= 4 is 0 Å². The summed E-state index contributed by atoms with van der Waals surface area (Å²) in [5.74, 6) is 0. The molecule has 1 aliphatic heterocycles. The first-order valence-electron chi connectivity index (χ1n) is 4.22. The third kappa shape index (κ3) is 1.18. The highest BCUT2D eigenvalue weighted by Gasteiger charge is 2.17. The molecule has 0 saturated carbocycles. The lowest BCUT2D eigenvalue weighted by molar-refractivity contribution is 0.599. The third-order valence-electron chi connectivity index (χ3n) is 2.40. The predicted molar refractivity (Wildman–Crippen MR) is 45.4 cm³/mol. The first-order valence-corrected chi connectivity index (χ1v) is 4.22. The van der Waals surface area contributed by atoms with Gasteiger partial charge in [0.15, 0.2) is 0 Å². The molecular formula is C9H14N2. The van der Waals surface area contributed by atoms with Crippen molar-refractivity contribution in [2.45, 2.75) is 18.9 Å². The van der Waals surface area contributed by atoms with Crippen LogP contribution in [0, 0.1) is 0 Å². The van der Waals surface area contributed by atoms with E-state index in [2.05, 4.69) is 35.3 Å². The number of nitrogens with one attached hydrogen (secondary N) is 1. The molecule has 1 N–H and O–H groups in total. The van der Waals surface area contributed by atoms with Crippen molar-refractivity contribution in [3.63, 3.8) is 0 Å². The molecule has 11 heavy (non-hydrogen) atoms. The highest BCUT2D eigenvalue weighted by Crippen LogP contribution is 2.22. The van der Waals surface area contributed by atoms with E-state index < -0.39 is 0 Å². The van der Waals surface area contributed by atoms with Gasteiger partial charge >= 0.3 is 0 Å². The normalized spacial score (nSPS) is 24.3. The second-order valence-corrected chi connectivity index (χ2v) is 3.19. The van der Waals surface area contributed by atoms with E-state index in [0.29, 0.717) is 6.04 Å². The fourth-order valence-corrected chi connectivity index (χ4v) is 1.77. The van der Waals surface area contributed by atoms with E-state index in [1.54, 1.807) is 0 Å². The summed E-state index contributed by atoms with van der Waals surface area (Å²) in [6, 6.07) is 4.91. The van der Waals surface area contributed by atoms with Crippen LogP contribution < -0.4 is 5.32 Å². The van der Waals surface area contributed by atoms with Crippen LogP contribution in [0.1, 0.15) is 24.6 Å². The zero-order chi connectivity index (χ0) is 7.68. The van der Waals surface area contributed by atoms with E-state index in [4.69, 9.17) is 0 Å². The highest BCUT2D eigenvalue weighted by atomic mass is 15.0. The van der Waals surface area contributed by atoms with Gasteiger partial charge in [0.1, 0.15) is 0 Å². The van der Waals surface area contributed by atoms with Gasteiger partial charge in [0.05, 0.1) is 0 Å². The largest absolute Gasteiger partial charge is 0.353 e. The second-order valence-electron chi connectivity index (χ2n) is 3.19. The molecule has 0 amide bonds. The Bertz CT molecular complexity index is 233. The standard InChI is InChI=1S/C9H14N2/c1-11-7-3-5-9(11)8-4-2-6-10-8/h3,5,7-8,10H,2,4,6H2,1H3/t8-/m0/s1. The van der Waals surface area contributed by atoms with Crippen LogP contribution in [0.4, 0.5) is 0 Å². The summed E-state index contributed by atoms with van der Waals surface area (Å²) in [7, 11) is 2.11. The Hall–Kier alpha value is -0.760. The maximum atomic E-state index is 3.48. The number of aromatic nitrogens is 1. The molecule has 2 nitrogen and oxygen atoms in total. The van der Waals surface area contributed by atoms with Crippen molar-refractivity contribution in [3.8, 4) is 0 Å². The number of aryl methyl sites for hydroxylation is 1. The Kier molecular flexibility index (Phi) is 1.70. The Balaban J connectivity index is 2.21. The molecule has 1 aromatic heterocycles. The molecule has 0 spiro atoms. The average Bonchev–Trinajstić information content (AvgIpc) is 2.55. The molecule has 0 radical (unpaired) electrons. The molecule has 1 aliphatic rings. The Labute approximate surface area is 67.2 Å². The molecule has 0 aliphatic carbocycles. The van der Waals surface area contributed by atoms with Crippen LogP contribution in [0.25, 0.3) is 0 Å². The van der Waals surface area contributed by atoms with Gasteiger partial charge in [0.25, 0.3) is 0 Å². The van der Waals surface area contributed by atoms with Crippen molar-refractivity contribution in [2.75, 3.05) is 6.54 Å². The van der Waals surface area contributed by atoms with E-state index >= 15 is 0 Å². The number of rotatable bonds is 1. The smallest absolute Gasteiger partial charge is 0.0475 e. The van der Waals surface area contributed by atoms with Crippen molar-refractivity contribution in [3.05, 3.63) is 24.0 Å². The lowest BCUT2D eigenvalue weighted by Crippen LogP contribution is -2.15. The summed E-state index contributed by atoms with van der Waals surface area (Å²) in [5, 5.41) is 3.48. The molecular weight excluding hydrogens is 136 g/mol. The zero-order valence-corrected chi connectivity index (χ0v) is 6.88. The van der Waals surface area contributed by atoms with Crippen LogP contribution in [0.2, 0.25) is 0 Å². The molecule has 0 unspecified atom stereocenters. The van der Waals surface area contributed by atoms with Crippen LogP contribution in [0.15, 0.2) is 18.3 Å². The first-order chi connectivity index (χ1) is 5.38. The lowest BCUT2D eigenvalue weighted by atomic mass is 10.2. The Morgan fingerprint density at radius 2 is 2.55 bits per heavy atom. The topological polar surface area (TPSA) is 17.0 Å². The highest BCUT2D eigenvalue weighted by molar-refractivity contribution is 5.12. The van der Waals surface area contributed by atoms with Gasteiger partial charge in [-0.25, -0.2) is 0 Å². The number of nitrogens with zero attached hydrogens (tertiary/aromatic N) is 1. The van der Waals surface area contributed by atoms with Gasteiger partial charge in [0.2, 0.25) is 0 Å². The quantitative estimate of drug-likeness (QED) is 0.641. The van der Waals surface area contributed by atoms with Gasteiger partial charge < -0.3 is 9.88 Å². The molecule has 2 heteroatoms. The van der Waals surface area contributed by atoms with E-state index in [-0.39, 0.29) is 0 Å². The van der Waals surface area contributed by atoms with Gasteiger partial charge in [-0.15, -0.1) is 0 Å². The van der Waals surface area contributed by atoms with Gasteiger partial charge in [-0.1, -0.05) is 0 Å². The minimum absolute atomic E-state index is 0.606. The molecule has 0 bridgehead atoms. The Morgan fingerprint density at radius 3 is 3.09 bits per heavy atom. The van der Waals surface area contributed by atoms with Crippen LogP contribution in [-0.4, -0.2) is 11.1 Å². The molecule has 1 atom stereocenters. The summed E-state index contributed by atoms with van der Waals surface area (Å²) >= 11 is 0. The lowest BCUT2D eigenvalue weighted by Gasteiger charge is -2.10. The molecule has 60 valence electrons. The van der Waals surface area contributed by atoms with Crippen molar-refractivity contribution < 1.29 is 0 Å². The molecule has 2 heterocycles. The summed E-state index contributed by atoms with van der Waals surface area (Å²) in [5.41, 5.74) is 1.42. The maximum Gasteiger partial charge on any atom is 0.0475 e. The summed E-state index contributed by atoms with van der Waals surface area (Å²) in [6.07, 6.45) is 4.71. The summed E-state index contributed by atoms with van der Waals surface area (Å²) < 4.78 is 2.20. The van der Waals surface area contributed by atoms with E-state index in [0.717, 1.165) is 0 Å². The van der Waals surface area contributed by atoms with Crippen LogP contribution in [0.5, 0.6) is 0 Å². The van der Waals surface area contributed by atoms with Crippen molar-refractivity contribution in [1.82, 2.24) is 9.88 Å². The van der Waals surface area contributed by atoms with Gasteiger partial charge in [-0.2, -0.15) is 0 Å². The van der Waals surface area contributed by atoms with Gasteiger partial charge in [0, 0.05) is 25.0 Å². The van der Waals surface area contributed by atoms with E-state index in [9.17, 15) is 0 Å². The minimum Gasteiger partial charge on any atom is -0.353 e. The molecule has 1 aromatic rings. The first kappa shape index (κ1) is 6.92. The third-order valence-corrected chi connectivity index (χ3v) is 2.40. The molecule has 1 fully saturated rings. The maximum absolute atomic E-state index is 3.48. The molecule has 0 aromatic carbocycles. The minimum atomic E-state index is 0.606. The van der Waals surface area contributed by atoms with Crippen LogP contribution in [-0.2, 0) is 7.05 Å². The van der Waals surface area contributed by atoms with Crippen molar-refractivity contribution in [2.24, 2.45) is 7.05 Å². The monoisotopic (exact) mass is 150 g/mol.